The molecule has 1 aliphatic heterocycles. The van der Waals surface area contributed by atoms with Gasteiger partial charge in [0.1, 0.15) is 0 Å². The zero-order chi connectivity index (χ0) is 17.7. The fourth-order valence-electron chi connectivity index (χ4n) is 2.73. The number of nitrogens with one attached hydrogen (secondary N) is 2. The molecule has 0 radical (unpaired) electrons. The second-order valence-electron chi connectivity index (χ2n) is 6.19. The summed E-state index contributed by atoms with van der Waals surface area (Å²) in [4.78, 5) is 26.0. The number of hydrogen-bond donors (Lipinski definition) is 3. The van der Waals surface area contributed by atoms with Gasteiger partial charge in [0.15, 0.2) is 0 Å². The molecule has 7 heteroatoms. The first kappa shape index (κ1) is 18.2. The summed E-state index contributed by atoms with van der Waals surface area (Å²) in [6, 6.07) is 7.37. The van der Waals surface area contributed by atoms with E-state index in [2.05, 4.69) is 15.5 Å². The Morgan fingerprint density at radius 3 is 2.50 bits per heavy atom. The lowest BCUT2D eigenvalue weighted by molar-refractivity contribution is -0.136. The lowest BCUT2D eigenvalue weighted by atomic mass is 10.1. The molecule has 1 aliphatic rings. The molecule has 3 N–H and O–H groups in total. The highest BCUT2D eigenvalue weighted by Gasteiger charge is 2.25. The topological polar surface area (TPSA) is 90.9 Å². The molecule has 0 aliphatic carbocycles. The molecule has 132 valence electrons. The van der Waals surface area contributed by atoms with Gasteiger partial charge in [-0.1, -0.05) is 12.1 Å². The second-order valence-corrected chi connectivity index (χ2v) is 6.19. The van der Waals surface area contributed by atoms with Crippen molar-refractivity contribution in [3.05, 3.63) is 24.3 Å². The molecule has 24 heavy (non-hydrogen) atoms. The molecule has 7 nitrogen and oxygen atoms in total. The largest absolute Gasteiger partial charge is 0.392 e. The Morgan fingerprint density at radius 2 is 1.88 bits per heavy atom. The Labute approximate surface area is 142 Å². The Hall–Kier alpha value is -2.12. The minimum absolute atomic E-state index is 0.0341. The van der Waals surface area contributed by atoms with Gasteiger partial charge in [0, 0.05) is 19.6 Å². The molecule has 2 amide bonds. The molecule has 1 aromatic carbocycles. The third-order valence-electron chi connectivity index (χ3n) is 3.68. The van der Waals surface area contributed by atoms with Gasteiger partial charge < -0.3 is 25.4 Å². The minimum atomic E-state index is -0.769. The van der Waals surface area contributed by atoms with E-state index in [4.69, 9.17) is 4.74 Å². The van der Waals surface area contributed by atoms with Crippen molar-refractivity contribution in [3.63, 3.8) is 0 Å². The lowest BCUT2D eigenvalue weighted by Crippen LogP contribution is -2.46. The van der Waals surface area contributed by atoms with Crippen LogP contribution in [-0.2, 0) is 14.3 Å². The predicted molar refractivity (Wildman–Crippen MR) is 92.0 cm³/mol. The number of ether oxygens (including phenoxy) is 1. The van der Waals surface area contributed by atoms with Crippen LogP contribution in [0.3, 0.4) is 0 Å². The van der Waals surface area contributed by atoms with E-state index >= 15 is 0 Å². The number of morpholine rings is 1. The summed E-state index contributed by atoms with van der Waals surface area (Å²) in [7, 11) is 0. The number of carbonyl (C=O) groups is 2. The van der Waals surface area contributed by atoms with E-state index in [-0.39, 0.29) is 18.8 Å². The van der Waals surface area contributed by atoms with Gasteiger partial charge >= 0.3 is 11.8 Å². The van der Waals surface area contributed by atoms with Crippen LogP contribution >= 0.6 is 0 Å². The number of nitrogens with zero attached hydrogens (tertiary/aromatic N) is 1. The summed E-state index contributed by atoms with van der Waals surface area (Å²) in [6.07, 6.45) is -0.524. The first-order valence-electron chi connectivity index (χ1n) is 8.13. The molecule has 2 rings (SSSR count). The maximum absolute atomic E-state index is 12.0. The van der Waals surface area contributed by atoms with E-state index in [0.717, 1.165) is 5.69 Å². The van der Waals surface area contributed by atoms with E-state index in [9.17, 15) is 14.7 Å². The van der Waals surface area contributed by atoms with Crippen molar-refractivity contribution in [2.24, 2.45) is 0 Å². The lowest BCUT2D eigenvalue weighted by Gasteiger charge is -2.37. The van der Waals surface area contributed by atoms with Crippen LogP contribution in [0, 0.1) is 0 Å². The predicted octanol–water partition coefficient (Wildman–Crippen LogP) is 0.736. The number of carbonyl (C=O) groups excluding carboxylic acids is 2. The maximum atomic E-state index is 12.0. The molecular weight excluding hydrogens is 310 g/mol. The SMILES string of the molecule is CC(O)CNC(=O)C(=O)Nc1ccccc1N1CC(C)OC(C)C1. The Balaban J connectivity index is 2.08. The normalized spacial score (nSPS) is 21.9. The molecular formula is C17H25N3O4. The molecule has 1 saturated heterocycles. The molecule has 0 aromatic heterocycles. The molecule has 0 bridgehead atoms. The molecule has 1 aromatic rings. The van der Waals surface area contributed by atoms with Crippen molar-refractivity contribution in [2.75, 3.05) is 29.9 Å². The van der Waals surface area contributed by atoms with Gasteiger partial charge in [0.05, 0.1) is 29.7 Å². The van der Waals surface area contributed by atoms with Crippen molar-refractivity contribution in [1.82, 2.24) is 5.32 Å². The van der Waals surface area contributed by atoms with Crippen molar-refractivity contribution in [3.8, 4) is 0 Å². The zero-order valence-electron chi connectivity index (χ0n) is 14.3. The number of aliphatic hydroxyl groups excluding tert-OH is 1. The Bertz CT molecular complexity index is 581. The van der Waals surface area contributed by atoms with E-state index in [1.807, 2.05) is 26.0 Å². The molecule has 3 unspecified atom stereocenters. The van der Waals surface area contributed by atoms with Crippen molar-refractivity contribution in [2.45, 2.75) is 39.1 Å². The van der Waals surface area contributed by atoms with Crippen molar-refractivity contribution < 1.29 is 19.4 Å². The number of amides is 2. The van der Waals surface area contributed by atoms with E-state index in [1.54, 1.807) is 12.1 Å². The van der Waals surface area contributed by atoms with Gasteiger partial charge in [-0.3, -0.25) is 9.59 Å². The van der Waals surface area contributed by atoms with Gasteiger partial charge in [0.2, 0.25) is 0 Å². The highest BCUT2D eigenvalue weighted by atomic mass is 16.5. The second kappa shape index (κ2) is 8.12. The molecule has 0 spiro atoms. The Morgan fingerprint density at radius 1 is 1.25 bits per heavy atom. The average molecular weight is 335 g/mol. The van der Waals surface area contributed by atoms with E-state index < -0.39 is 17.9 Å². The number of hydrogen-bond acceptors (Lipinski definition) is 5. The van der Waals surface area contributed by atoms with Crippen LogP contribution in [0.2, 0.25) is 0 Å². The van der Waals surface area contributed by atoms with E-state index in [0.29, 0.717) is 18.8 Å². The van der Waals surface area contributed by atoms with Crippen LogP contribution < -0.4 is 15.5 Å². The summed E-state index contributed by atoms with van der Waals surface area (Å²) < 4.78 is 5.73. The summed E-state index contributed by atoms with van der Waals surface area (Å²) in [5, 5.41) is 14.2. The fraction of sp³-hybridized carbons (Fsp3) is 0.529. The van der Waals surface area contributed by atoms with Gasteiger partial charge in [-0.2, -0.15) is 0 Å². The van der Waals surface area contributed by atoms with Crippen molar-refractivity contribution in [1.29, 1.82) is 0 Å². The third kappa shape index (κ3) is 4.94. The first-order valence-corrected chi connectivity index (χ1v) is 8.13. The minimum Gasteiger partial charge on any atom is -0.392 e. The average Bonchev–Trinajstić information content (AvgIpc) is 2.52. The van der Waals surface area contributed by atoms with Gasteiger partial charge in [-0.15, -0.1) is 0 Å². The number of rotatable bonds is 4. The standard InChI is InChI=1S/C17H25N3O4/c1-11(21)8-18-16(22)17(23)19-14-6-4-5-7-15(14)20-9-12(2)24-13(3)10-20/h4-7,11-13,21H,8-10H2,1-3H3,(H,18,22)(H,19,23). The number of anilines is 2. The number of benzene rings is 1. The van der Waals surface area contributed by atoms with Crippen LogP contribution in [0.5, 0.6) is 0 Å². The maximum Gasteiger partial charge on any atom is 0.313 e. The Kier molecular flexibility index (Phi) is 6.16. The highest BCUT2D eigenvalue weighted by molar-refractivity contribution is 6.39. The quantitative estimate of drug-likeness (QED) is 0.706. The zero-order valence-corrected chi connectivity index (χ0v) is 14.3. The third-order valence-corrected chi connectivity index (χ3v) is 3.68. The summed E-state index contributed by atoms with van der Waals surface area (Å²) in [6.45, 7) is 7.01. The smallest absolute Gasteiger partial charge is 0.313 e. The molecule has 1 heterocycles. The van der Waals surface area contributed by atoms with Crippen LogP contribution in [0.15, 0.2) is 24.3 Å². The van der Waals surface area contributed by atoms with Crippen molar-refractivity contribution >= 4 is 23.2 Å². The summed E-state index contributed by atoms with van der Waals surface area (Å²) in [5.74, 6) is -1.52. The van der Waals surface area contributed by atoms with Crippen LogP contribution in [-0.4, -0.2) is 54.9 Å². The number of para-hydroxylation sites is 2. The van der Waals surface area contributed by atoms with Crippen LogP contribution in [0.1, 0.15) is 20.8 Å². The van der Waals surface area contributed by atoms with E-state index in [1.165, 1.54) is 6.92 Å². The monoisotopic (exact) mass is 335 g/mol. The summed E-state index contributed by atoms with van der Waals surface area (Å²) >= 11 is 0. The number of aliphatic hydroxyl groups is 1. The first-order chi connectivity index (χ1) is 11.4. The van der Waals surface area contributed by atoms with Gasteiger partial charge in [-0.05, 0) is 32.9 Å². The molecule has 0 saturated carbocycles. The highest BCUT2D eigenvalue weighted by Crippen LogP contribution is 2.28. The van der Waals surface area contributed by atoms with Crippen LogP contribution in [0.25, 0.3) is 0 Å². The van der Waals surface area contributed by atoms with Gasteiger partial charge in [-0.25, -0.2) is 0 Å². The van der Waals surface area contributed by atoms with Gasteiger partial charge in [0.25, 0.3) is 0 Å². The molecule has 1 fully saturated rings. The summed E-state index contributed by atoms with van der Waals surface area (Å²) in [5.41, 5.74) is 1.44. The van der Waals surface area contributed by atoms with Crippen LogP contribution in [0.4, 0.5) is 11.4 Å². The fourth-order valence-corrected chi connectivity index (χ4v) is 2.73. The molecule has 3 atom stereocenters.